The van der Waals surface area contributed by atoms with E-state index in [0.29, 0.717) is 11.3 Å². The van der Waals surface area contributed by atoms with Crippen LogP contribution in [-0.2, 0) is 4.79 Å². The molecule has 116 valence electrons. The molecular weight excluding hydrogens is 283 g/mol. The van der Waals surface area contributed by atoms with Crippen LogP contribution < -0.4 is 0 Å². The van der Waals surface area contributed by atoms with Gasteiger partial charge in [-0.3, -0.25) is 4.79 Å². The lowest BCUT2D eigenvalue weighted by Crippen LogP contribution is -2.59. The summed E-state index contributed by atoms with van der Waals surface area (Å²) in [5, 5.41) is 0. The Morgan fingerprint density at radius 1 is 1.10 bits per heavy atom. The van der Waals surface area contributed by atoms with Crippen LogP contribution in [0.25, 0.3) is 0 Å². The first-order chi connectivity index (χ1) is 9.14. The summed E-state index contributed by atoms with van der Waals surface area (Å²) in [4.78, 5) is 14.2. The van der Waals surface area contributed by atoms with Crippen LogP contribution in [-0.4, -0.2) is 60.5 Å². The number of nitrogens with zero attached hydrogens (tertiary/aromatic N) is 2. The third-order valence-electron chi connectivity index (χ3n) is 4.26. The Hall–Kier alpha value is -0.920. The average molecular weight is 300 g/mol. The van der Waals surface area contributed by atoms with Gasteiger partial charge in [0.2, 0.25) is 0 Å². The molecule has 2 fully saturated rings. The van der Waals surface area contributed by atoms with E-state index in [1.165, 1.54) is 0 Å². The first-order valence-electron chi connectivity index (χ1n) is 6.58. The van der Waals surface area contributed by atoms with Gasteiger partial charge >= 0.3 is 18.0 Å². The fourth-order valence-electron chi connectivity index (χ4n) is 3.16. The fourth-order valence-corrected chi connectivity index (χ4v) is 3.16. The number of hydrogen-bond donors (Lipinski definition) is 0. The molecule has 2 aliphatic rings. The third-order valence-corrected chi connectivity index (χ3v) is 4.26. The molecule has 0 aromatic heterocycles. The average Bonchev–Trinajstić information content (AvgIpc) is 2.36. The van der Waals surface area contributed by atoms with Crippen molar-refractivity contribution in [2.45, 2.75) is 37.4 Å². The van der Waals surface area contributed by atoms with Crippen molar-refractivity contribution in [2.24, 2.45) is 5.92 Å². The molecule has 0 saturated carbocycles. The number of amides is 1. The zero-order chi connectivity index (χ0) is 15.1. The zero-order valence-corrected chi connectivity index (χ0v) is 11.1. The molecule has 0 spiro atoms. The second kappa shape index (κ2) is 5.13. The molecule has 2 saturated heterocycles. The van der Waals surface area contributed by atoms with Gasteiger partial charge in [0.25, 0.3) is 0 Å². The van der Waals surface area contributed by atoms with Crippen molar-refractivity contribution >= 4 is 5.91 Å². The van der Waals surface area contributed by atoms with E-state index >= 15 is 0 Å². The summed E-state index contributed by atoms with van der Waals surface area (Å²) in [7, 11) is 1.92. The maximum absolute atomic E-state index is 13.1. The molecule has 0 bridgehead atoms. The summed E-state index contributed by atoms with van der Waals surface area (Å²) in [6.45, 7) is 0.837. The van der Waals surface area contributed by atoms with E-state index in [-0.39, 0.29) is 25.0 Å². The van der Waals surface area contributed by atoms with Crippen LogP contribution >= 0.6 is 0 Å². The predicted octanol–water partition coefficient (Wildman–Crippen LogP) is 2.13. The molecule has 20 heavy (non-hydrogen) atoms. The lowest BCUT2D eigenvalue weighted by atomic mass is 9.84. The molecule has 0 aromatic rings. The molecule has 2 aliphatic heterocycles. The van der Waals surface area contributed by atoms with E-state index in [4.69, 9.17) is 0 Å². The van der Waals surface area contributed by atoms with Crippen molar-refractivity contribution in [2.75, 3.05) is 26.7 Å². The van der Waals surface area contributed by atoms with E-state index in [1.807, 2.05) is 7.05 Å². The summed E-state index contributed by atoms with van der Waals surface area (Å²) >= 11 is 0. The predicted molar refractivity (Wildman–Crippen MR) is 61.3 cm³/mol. The Bertz CT molecular complexity index is 385. The second-order valence-electron chi connectivity index (χ2n) is 5.56. The van der Waals surface area contributed by atoms with Crippen LogP contribution in [0.4, 0.5) is 22.0 Å². The Morgan fingerprint density at radius 3 is 2.35 bits per heavy atom. The summed E-state index contributed by atoms with van der Waals surface area (Å²) in [5.74, 6) is -7.42. The van der Waals surface area contributed by atoms with Crippen molar-refractivity contribution in [1.82, 2.24) is 9.80 Å². The summed E-state index contributed by atoms with van der Waals surface area (Å²) in [5.41, 5.74) is 0. The van der Waals surface area contributed by atoms with Gasteiger partial charge in [-0.1, -0.05) is 0 Å². The smallest absolute Gasteiger partial charge is 0.337 e. The third kappa shape index (κ3) is 2.62. The van der Waals surface area contributed by atoms with Crippen LogP contribution in [0.1, 0.15) is 19.3 Å². The Morgan fingerprint density at radius 2 is 1.75 bits per heavy atom. The number of hydrogen-bond acceptors (Lipinski definition) is 2. The van der Waals surface area contributed by atoms with Gasteiger partial charge in [-0.15, -0.1) is 0 Å². The van der Waals surface area contributed by atoms with E-state index in [9.17, 15) is 26.7 Å². The molecular formula is C12H17F5N2O. The standard InChI is InChI=1S/C12H17F5N2O/c1-18-5-2-3-8-7-19(6-4-9(8)18)10(20)11(13,14)12(15,16)17/h8-9H,2-7H2,1H3. The monoisotopic (exact) mass is 300 g/mol. The van der Waals surface area contributed by atoms with Crippen LogP contribution in [0, 0.1) is 5.92 Å². The van der Waals surface area contributed by atoms with Crippen LogP contribution in [0.15, 0.2) is 0 Å². The number of alkyl halides is 5. The number of piperidine rings is 2. The summed E-state index contributed by atoms with van der Waals surface area (Å²) in [6, 6.07) is 0.173. The highest BCUT2D eigenvalue weighted by Gasteiger charge is 2.65. The van der Waals surface area contributed by atoms with Crippen LogP contribution in [0.2, 0.25) is 0 Å². The fraction of sp³-hybridized carbons (Fsp3) is 0.917. The SMILES string of the molecule is CN1CCCC2CN(C(=O)C(F)(F)C(F)(F)F)CCC21. The summed E-state index contributed by atoms with van der Waals surface area (Å²) in [6.07, 6.45) is -3.75. The first kappa shape index (κ1) is 15.5. The van der Waals surface area contributed by atoms with Crippen molar-refractivity contribution in [3.05, 3.63) is 0 Å². The van der Waals surface area contributed by atoms with Crippen molar-refractivity contribution in [3.63, 3.8) is 0 Å². The number of carbonyl (C=O) groups is 1. The largest absolute Gasteiger partial charge is 0.463 e. The minimum Gasteiger partial charge on any atom is -0.337 e. The van der Waals surface area contributed by atoms with Gasteiger partial charge in [0.1, 0.15) is 0 Å². The van der Waals surface area contributed by atoms with Gasteiger partial charge in [-0.25, -0.2) is 0 Å². The normalized spacial score (nSPS) is 29.2. The molecule has 8 heteroatoms. The lowest BCUT2D eigenvalue weighted by molar-refractivity contribution is -0.275. The van der Waals surface area contributed by atoms with Gasteiger partial charge in [0, 0.05) is 19.1 Å². The molecule has 0 radical (unpaired) electrons. The molecule has 1 amide bonds. The van der Waals surface area contributed by atoms with Gasteiger partial charge in [-0.05, 0) is 38.8 Å². The van der Waals surface area contributed by atoms with E-state index < -0.39 is 18.0 Å². The molecule has 2 rings (SSSR count). The van der Waals surface area contributed by atoms with Gasteiger partial charge in [0.05, 0.1) is 0 Å². The van der Waals surface area contributed by atoms with Gasteiger partial charge in [-0.2, -0.15) is 22.0 Å². The van der Waals surface area contributed by atoms with Gasteiger partial charge in [0.15, 0.2) is 0 Å². The van der Waals surface area contributed by atoms with Crippen molar-refractivity contribution < 1.29 is 26.7 Å². The summed E-state index contributed by atoms with van der Waals surface area (Å²) < 4.78 is 62.9. The number of carbonyl (C=O) groups excluding carboxylic acids is 1. The number of likely N-dealkylation sites (tertiary alicyclic amines) is 2. The van der Waals surface area contributed by atoms with E-state index in [0.717, 1.165) is 19.4 Å². The van der Waals surface area contributed by atoms with Gasteiger partial charge < -0.3 is 9.80 Å². The van der Waals surface area contributed by atoms with Crippen molar-refractivity contribution in [1.29, 1.82) is 0 Å². The highest BCUT2D eigenvalue weighted by Crippen LogP contribution is 2.38. The number of fused-ring (bicyclic) bond motifs is 1. The van der Waals surface area contributed by atoms with Crippen LogP contribution in [0.5, 0.6) is 0 Å². The highest BCUT2D eigenvalue weighted by atomic mass is 19.4. The number of halogens is 5. The van der Waals surface area contributed by atoms with E-state index in [2.05, 4.69) is 4.90 Å². The Balaban J connectivity index is 2.07. The number of rotatable bonds is 1. The molecule has 2 unspecified atom stereocenters. The molecule has 2 atom stereocenters. The van der Waals surface area contributed by atoms with Crippen molar-refractivity contribution in [3.8, 4) is 0 Å². The molecule has 3 nitrogen and oxygen atoms in total. The Kier molecular flexibility index (Phi) is 3.96. The topological polar surface area (TPSA) is 23.6 Å². The maximum atomic E-state index is 13.1. The first-order valence-corrected chi connectivity index (χ1v) is 6.58. The molecule has 0 aliphatic carbocycles. The van der Waals surface area contributed by atoms with E-state index in [1.54, 1.807) is 0 Å². The Labute approximate surface area is 113 Å². The second-order valence-corrected chi connectivity index (χ2v) is 5.56. The molecule has 0 aromatic carbocycles. The quantitative estimate of drug-likeness (QED) is 0.693. The maximum Gasteiger partial charge on any atom is 0.463 e. The molecule has 0 N–H and O–H groups in total. The minimum atomic E-state index is -5.83. The highest BCUT2D eigenvalue weighted by molar-refractivity contribution is 5.84. The lowest BCUT2D eigenvalue weighted by Gasteiger charge is -2.46. The van der Waals surface area contributed by atoms with Crippen LogP contribution in [0.3, 0.4) is 0 Å². The molecule has 2 heterocycles. The minimum absolute atomic E-state index is 0.0144. The zero-order valence-electron chi connectivity index (χ0n) is 11.1.